The molecule has 132 valence electrons. The fraction of sp³-hybridized carbons (Fsp3) is 0.222. The van der Waals surface area contributed by atoms with E-state index in [0.29, 0.717) is 28.1 Å². The second-order valence-corrected chi connectivity index (χ2v) is 6.09. The molecule has 0 saturated carbocycles. The molecule has 0 radical (unpaired) electrons. The van der Waals surface area contributed by atoms with Crippen molar-refractivity contribution in [1.82, 2.24) is 10.6 Å². The lowest BCUT2D eigenvalue weighted by atomic mass is 10.1. The molecule has 2 rings (SSSR count). The average molecular weight is 489 g/mol. The second-order valence-electron chi connectivity index (χ2n) is 5.27. The number of nitrogens with zero attached hydrogens (tertiary/aromatic N) is 2. The minimum Gasteiger partial charge on any atom is -0.352 e. The van der Waals surface area contributed by atoms with Gasteiger partial charge in [-0.25, -0.2) is 0 Å². The third-order valence-corrected chi connectivity index (χ3v) is 4.30. The van der Waals surface area contributed by atoms with Gasteiger partial charge in [-0.3, -0.25) is 4.99 Å². The molecule has 0 aliphatic heterocycles. The number of hydrogen-bond donors (Lipinski definition) is 2. The van der Waals surface area contributed by atoms with Crippen LogP contribution in [0.15, 0.2) is 47.5 Å². The summed E-state index contributed by atoms with van der Waals surface area (Å²) in [6, 6.07) is 15.1. The van der Waals surface area contributed by atoms with E-state index in [-0.39, 0.29) is 30.0 Å². The maximum Gasteiger partial charge on any atom is 0.191 e. The Balaban J connectivity index is 0.00000312. The smallest absolute Gasteiger partial charge is 0.191 e. The maximum atomic E-state index is 8.82. The quantitative estimate of drug-likeness (QED) is 0.365. The van der Waals surface area contributed by atoms with E-state index in [2.05, 4.69) is 21.7 Å². The molecule has 2 aromatic carbocycles. The summed E-state index contributed by atoms with van der Waals surface area (Å²) < 4.78 is 0. The predicted octanol–water partition coefficient (Wildman–Crippen LogP) is 4.91. The molecule has 0 fully saturated rings. The third-order valence-electron chi connectivity index (χ3n) is 3.56. The predicted molar refractivity (Wildman–Crippen MR) is 115 cm³/mol. The van der Waals surface area contributed by atoms with Crippen LogP contribution in [-0.4, -0.2) is 13.0 Å². The first-order valence-corrected chi connectivity index (χ1v) is 8.20. The first-order valence-electron chi connectivity index (χ1n) is 7.44. The zero-order chi connectivity index (χ0) is 17.5. The summed E-state index contributed by atoms with van der Waals surface area (Å²) in [7, 11) is 1.72. The molecule has 4 nitrogen and oxygen atoms in total. The second kappa shape index (κ2) is 10.5. The van der Waals surface area contributed by atoms with Crippen LogP contribution < -0.4 is 10.6 Å². The minimum absolute atomic E-state index is 0. The molecule has 2 aromatic rings. The molecule has 0 spiro atoms. The molecule has 1 atom stereocenters. The van der Waals surface area contributed by atoms with E-state index >= 15 is 0 Å². The zero-order valence-corrected chi connectivity index (χ0v) is 17.7. The maximum absolute atomic E-state index is 8.82. The van der Waals surface area contributed by atoms with Crippen molar-refractivity contribution in [2.75, 3.05) is 7.05 Å². The number of rotatable bonds is 4. The molecular weight excluding hydrogens is 470 g/mol. The van der Waals surface area contributed by atoms with Gasteiger partial charge in [0.15, 0.2) is 5.96 Å². The number of nitrogens with one attached hydrogen (secondary N) is 2. The van der Waals surface area contributed by atoms with Crippen LogP contribution in [0, 0.1) is 11.3 Å². The van der Waals surface area contributed by atoms with E-state index in [1.807, 2.05) is 31.2 Å². The van der Waals surface area contributed by atoms with Gasteiger partial charge in [0.2, 0.25) is 0 Å². The Morgan fingerprint density at radius 3 is 2.40 bits per heavy atom. The van der Waals surface area contributed by atoms with Crippen molar-refractivity contribution in [3.05, 3.63) is 69.2 Å². The highest BCUT2D eigenvalue weighted by molar-refractivity contribution is 14.0. The van der Waals surface area contributed by atoms with Crippen molar-refractivity contribution in [3.8, 4) is 6.07 Å². The molecular formula is C18H19Cl2IN4. The normalized spacial score (nSPS) is 11.9. The minimum atomic E-state index is 0. The molecule has 0 saturated heterocycles. The number of benzene rings is 2. The van der Waals surface area contributed by atoms with Gasteiger partial charge >= 0.3 is 0 Å². The van der Waals surface area contributed by atoms with Crippen LogP contribution in [0.2, 0.25) is 10.0 Å². The number of aliphatic imine (C=N–C) groups is 1. The Kier molecular flexibility index (Phi) is 9.04. The van der Waals surface area contributed by atoms with Gasteiger partial charge in [0, 0.05) is 13.6 Å². The van der Waals surface area contributed by atoms with Gasteiger partial charge in [0.1, 0.15) is 0 Å². The largest absolute Gasteiger partial charge is 0.352 e. The van der Waals surface area contributed by atoms with E-state index in [4.69, 9.17) is 28.5 Å². The van der Waals surface area contributed by atoms with E-state index in [1.165, 1.54) is 0 Å². The fourth-order valence-electron chi connectivity index (χ4n) is 2.15. The van der Waals surface area contributed by atoms with Crippen LogP contribution in [0.4, 0.5) is 0 Å². The summed E-state index contributed by atoms with van der Waals surface area (Å²) in [5.74, 6) is 0.679. The number of halogens is 3. The molecule has 0 aliphatic carbocycles. The summed E-state index contributed by atoms with van der Waals surface area (Å²) in [6.07, 6.45) is 0. The van der Waals surface area contributed by atoms with Crippen molar-refractivity contribution >= 4 is 53.1 Å². The van der Waals surface area contributed by atoms with Gasteiger partial charge in [0.25, 0.3) is 0 Å². The lowest BCUT2D eigenvalue weighted by molar-refractivity contribution is 0.685. The van der Waals surface area contributed by atoms with Crippen LogP contribution in [0.1, 0.15) is 29.7 Å². The van der Waals surface area contributed by atoms with Gasteiger partial charge in [0.05, 0.1) is 27.7 Å². The third kappa shape index (κ3) is 6.38. The van der Waals surface area contributed by atoms with Gasteiger partial charge in [-0.05, 0) is 42.3 Å². The topological polar surface area (TPSA) is 60.2 Å². The van der Waals surface area contributed by atoms with Crippen molar-refractivity contribution in [3.63, 3.8) is 0 Å². The molecule has 1 unspecified atom stereocenters. The van der Waals surface area contributed by atoms with Crippen LogP contribution in [0.25, 0.3) is 0 Å². The first kappa shape index (κ1) is 21.6. The van der Waals surface area contributed by atoms with Gasteiger partial charge in [-0.2, -0.15) is 5.26 Å². The molecule has 25 heavy (non-hydrogen) atoms. The van der Waals surface area contributed by atoms with E-state index < -0.39 is 0 Å². The Morgan fingerprint density at radius 2 is 1.84 bits per heavy atom. The lowest BCUT2D eigenvalue weighted by Crippen LogP contribution is -2.38. The lowest BCUT2D eigenvalue weighted by Gasteiger charge is -2.19. The van der Waals surface area contributed by atoms with Crippen molar-refractivity contribution in [2.24, 2.45) is 4.99 Å². The first-order chi connectivity index (χ1) is 11.5. The van der Waals surface area contributed by atoms with Gasteiger partial charge in [-0.1, -0.05) is 41.4 Å². The van der Waals surface area contributed by atoms with E-state index in [9.17, 15) is 0 Å². The van der Waals surface area contributed by atoms with Crippen LogP contribution in [0.5, 0.6) is 0 Å². The molecule has 0 heterocycles. The van der Waals surface area contributed by atoms with Crippen LogP contribution in [-0.2, 0) is 6.54 Å². The van der Waals surface area contributed by atoms with Crippen molar-refractivity contribution < 1.29 is 0 Å². The summed E-state index contributed by atoms with van der Waals surface area (Å²) in [5.41, 5.74) is 2.74. The Labute approximate surface area is 175 Å². The van der Waals surface area contributed by atoms with E-state index in [1.54, 1.807) is 25.2 Å². The highest BCUT2D eigenvalue weighted by atomic mass is 127. The standard InChI is InChI=1S/C18H18Cl2N4.HI/c1-12(15-7-8-16(19)17(20)9-15)24-18(22-2)23-11-14-5-3-13(10-21)4-6-14;/h3-9,12H,11H2,1-2H3,(H2,22,23,24);1H. The molecule has 0 aromatic heterocycles. The highest BCUT2D eigenvalue weighted by Crippen LogP contribution is 2.25. The van der Waals surface area contributed by atoms with E-state index in [0.717, 1.165) is 11.1 Å². The summed E-state index contributed by atoms with van der Waals surface area (Å²) in [5, 5.41) is 16.4. The molecule has 0 amide bonds. The zero-order valence-electron chi connectivity index (χ0n) is 13.9. The molecule has 0 bridgehead atoms. The van der Waals surface area contributed by atoms with Crippen LogP contribution >= 0.6 is 47.2 Å². The average Bonchev–Trinajstić information content (AvgIpc) is 2.61. The molecule has 0 aliphatic rings. The Hall–Kier alpha value is -1.49. The Bertz CT molecular complexity index is 770. The van der Waals surface area contributed by atoms with Crippen molar-refractivity contribution in [1.29, 1.82) is 5.26 Å². The molecule has 2 N–H and O–H groups in total. The van der Waals surface area contributed by atoms with Crippen LogP contribution in [0.3, 0.4) is 0 Å². The van der Waals surface area contributed by atoms with Crippen molar-refractivity contribution in [2.45, 2.75) is 19.5 Å². The van der Waals surface area contributed by atoms with Gasteiger partial charge in [-0.15, -0.1) is 24.0 Å². The highest BCUT2D eigenvalue weighted by Gasteiger charge is 2.09. The fourth-order valence-corrected chi connectivity index (χ4v) is 2.45. The van der Waals surface area contributed by atoms with Gasteiger partial charge < -0.3 is 10.6 Å². The number of guanidine groups is 1. The summed E-state index contributed by atoms with van der Waals surface area (Å²) in [6.45, 7) is 2.63. The molecule has 7 heteroatoms. The number of nitriles is 1. The summed E-state index contributed by atoms with van der Waals surface area (Å²) in [4.78, 5) is 4.23. The monoisotopic (exact) mass is 488 g/mol. The Morgan fingerprint density at radius 1 is 1.16 bits per heavy atom. The number of hydrogen-bond acceptors (Lipinski definition) is 2. The summed E-state index contributed by atoms with van der Waals surface area (Å²) >= 11 is 12.0. The SMILES string of the molecule is CN=C(NCc1ccc(C#N)cc1)NC(C)c1ccc(Cl)c(Cl)c1.I.